The van der Waals surface area contributed by atoms with E-state index in [-0.39, 0.29) is 12.6 Å². The standard InChI is InChI=1S/C20H18N6O3/c1-2-28-17(27)12-29-16-10-6-3-7-13(16)11-21-25-20-23-19-18(24-26-20)14-8-4-5-9-15(14)22-19/h3-11H,2,12H2,1H3,(H2,22,23,25,26)/b21-11+. The summed E-state index contributed by atoms with van der Waals surface area (Å²) >= 11 is 0. The number of nitrogens with zero attached hydrogens (tertiary/aromatic N) is 4. The molecule has 2 N–H and O–H groups in total. The van der Waals surface area contributed by atoms with Gasteiger partial charge in [0, 0.05) is 16.5 Å². The monoisotopic (exact) mass is 390 g/mol. The lowest BCUT2D eigenvalue weighted by Crippen LogP contribution is -2.15. The summed E-state index contributed by atoms with van der Waals surface area (Å²) in [7, 11) is 0. The zero-order chi connectivity index (χ0) is 20.1. The van der Waals surface area contributed by atoms with Crippen molar-refractivity contribution in [2.24, 2.45) is 5.10 Å². The van der Waals surface area contributed by atoms with Crippen LogP contribution in [-0.4, -0.2) is 45.6 Å². The number of para-hydroxylation sites is 2. The molecule has 0 saturated heterocycles. The summed E-state index contributed by atoms with van der Waals surface area (Å²) in [5.74, 6) is 0.338. The predicted molar refractivity (Wildman–Crippen MR) is 109 cm³/mol. The Morgan fingerprint density at radius 1 is 1.17 bits per heavy atom. The molecular weight excluding hydrogens is 372 g/mol. The van der Waals surface area contributed by atoms with Crippen LogP contribution in [0.5, 0.6) is 5.75 Å². The molecular formula is C20H18N6O3. The first-order valence-electron chi connectivity index (χ1n) is 9.02. The number of ether oxygens (including phenoxy) is 2. The summed E-state index contributed by atoms with van der Waals surface area (Å²) in [5, 5.41) is 13.4. The maximum atomic E-state index is 11.5. The molecule has 2 aromatic heterocycles. The van der Waals surface area contributed by atoms with Gasteiger partial charge in [-0.05, 0) is 25.1 Å². The SMILES string of the molecule is CCOC(=O)COc1ccccc1/C=N/Nc1nnc2c(n1)[nH]c1ccccc12. The number of fused-ring (bicyclic) bond motifs is 3. The highest BCUT2D eigenvalue weighted by molar-refractivity contribution is 6.03. The van der Waals surface area contributed by atoms with Crippen molar-refractivity contribution < 1.29 is 14.3 Å². The Hall–Kier alpha value is -4.01. The molecule has 2 heterocycles. The molecule has 9 heteroatoms. The molecule has 9 nitrogen and oxygen atoms in total. The third-order valence-corrected chi connectivity index (χ3v) is 4.06. The van der Waals surface area contributed by atoms with Gasteiger partial charge in [-0.2, -0.15) is 10.1 Å². The molecule has 0 aliphatic rings. The number of carbonyl (C=O) groups is 1. The van der Waals surface area contributed by atoms with Crippen LogP contribution >= 0.6 is 0 Å². The van der Waals surface area contributed by atoms with Gasteiger partial charge in [-0.3, -0.25) is 0 Å². The summed E-state index contributed by atoms with van der Waals surface area (Å²) in [6.07, 6.45) is 1.55. The van der Waals surface area contributed by atoms with E-state index in [9.17, 15) is 4.79 Å². The van der Waals surface area contributed by atoms with Gasteiger partial charge in [-0.15, -0.1) is 10.2 Å². The van der Waals surface area contributed by atoms with Crippen LogP contribution in [0.25, 0.3) is 22.1 Å². The molecule has 4 aromatic rings. The number of hydrazone groups is 1. The van der Waals surface area contributed by atoms with Crippen LogP contribution in [0.3, 0.4) is 0 Å². The van der Waals surface area contributed by atoms with Crippen molar-refractivity contribution >= 4 is 40.2 Å². The number of esters is 1. The highest BCUT2D eigenvalue weighted by Gasteiger charge is 2.08. The largest absolute Gasteiger partial charge is 0.481 e. The zero-order valence-corrected chi connectivity index (χ0v) is 15.6. The van der Waals surface area contributed by atoms with Gasteiger partial charge in [0.25, 0.3) is 5.95 Å². The van der Waals surface area contributed by atoms with Crippen LogP contribution in [0, 0.1) is 0 Å². The molecule has 0 fully saturated rings. The number of aromatic nitrogens is 4. The lowest BCUT2D eigenvalue weighted by molar-refractivity contribution is -0.145. The molecule has 0 aliphatic carbocycles. The Kier molecular flexibility index (Phi) is 5.28. The van der Waals surface area contributed by atoms with Gasteiger partial charge < -0.3 is 14.5 Å². The van der Waals surface area contributed by atoms with Crippen molar-refractivity contribution in [3.8, 4) is 5.75 Å². The number of anilines is 1. The van der Waals surface area contributed by atoms with Crippen molar-refractivity contribution in [3.63, 3.8) is 0 Å². The molecule has 29 heavy (non-hydrogen) atoms. The van der Waals surface area contributed by atoms with Gasteiger partial charge >= 0.3 is 5.97 Å². The van der Waals surface area contributed by atoms with E-state index in [1.807, 2.05) is 42.5 Å². The van der Waals surface area contributed by atoms with Crippen molar-refractivity contribution in [1.82, 2.24) is 20.2 Å². The van der Waals surface area contributed by atoms with Crippen molar-refractivity contribution in [2.45, 2.75) is 6.92 Å². The third-order valence-electron chi connectivity index (χ3n) is 4.06. The Morgan fingerprint density at radius 3 is 2.90 bits per heavy atom. The van der Waals surface area contributed by atoms with E-state index in [1.54, 1.807) is 19.2 Å². The van der Waals surface area contributed by atoms with Gasteiger partial charge in [-0.1, -0.05) is 30.3 Å². The van der Waals surface area contributed by atoms with Crippen LogP contribution in [0.2, 0.25) is 0 Å². The Bertz CT molecular complexity index is 1190. The van der Waals surface area contributed by atoms with Gasteiger partial charge in [-0.25, -0.2) is 10.2 Å². The highest BCUT2D eigenvalue weighted by Crippen LogP contribution is 2.22. The van der Waals surface area contributed by atoms with Crippen LogP contribution in [-0.2, 0) is 9.53 Å². The van der Waals surface area contributed by atoms with E-state index in [2.05, 4.69) is 30.7 Å². The normalized spacial score (nSPS) is 11.2. The molecule has 0 unspecified atom stereocenters. The molecule has 0 bridgehead atoms. The van der Waals surface area contributed by atoms with E-state index in [1.165, 1.54) is 0 Å². The summed E-state index contributed by atoms with van der Waals surface area (Å²) in [6.45, 7) is 1.88. The summed E-state index contributed by atoms with van der Waals surface area (Å²) in [6, 6.07) is 15.0. The van der Waals surface area contributed by atoms with E-state index in [0.717, 1.165) is 10.9 Å². The van der Waals surface area contributed by atoms with Crippen LogP contribution < -0.4 is 10.2 Å². The van der Waals surface area contributed by atoms with Crippen LogP contribution in [0.15, 0.2) is 53.6 Å². The van der Waals surface area contributed by atoms with Gasteiger partial charge in [0.1, 0.15) is 11.3 Å². The fraction of sp³-hybridized carbons (Fsp3) is 0.150. The minimum Gasteiger partial charge on any atom is -0.481 e. The number of hydrogen-bond donors (Lipinski definition) is 2. The van der Waals surface area contributed by atoms with Crippen LogP contribution in [0.4, 0.5) is 5.95 Å². The average Bonchev–Trinajstić information content (AvgIpc) is 3.11. The molecule has 0 spiro atoms. The number of nitrogens with one attached hydrogen (secondary N) is 2. The first kappa shape index (κ1) is 18.4. The second kappa shape index (κ2) is 8.34. The molecule has 4 rings (SSSR count). The summed E-state index contributed by atoms with van der Waals surface area (Å²) in [5.41, 5.74) is 5.71. The zero-order valence-electron chi connectivity index (χ0n) is 15.6. The quantitative estimate of drug-likeness (QED) is 0.283. The van der Waals surface area contributed by atoms with Gasteiger partial charge in [0.15, 0.2) is 12.3 Å². The molecule has 0 radical (unpaired) electrons. The Balaban J connectivity index is 1.47. The van der Waals surface area contributed by atoms with Crippen molar-refractivity contribution in [3.05, 3.63) is 54.1 Å². The van der Waals surface area contributed by atoms with Gasteiger partial charge in [0.2, 0.25) is 0 Å². The topological polar surface area (TPSA) is 114 Å². The number of H-pyrrole nitrogens is 1. The number of aromatic amines is 1. The highest BCUT2D eigenvalue weighted by atomic mass is 16.6. The second-order valence-corrected chi connectivity index (χ2v) is 6.00. The van der Waals surface area contributed by atoms with Crippen molar-refractivity contribution in [1.29, 1.82) is 0 Å². The second-order valence-electron chi connectivity index (χ2n) is 6.00. The number of benzene rings is 2. The first-order valence-corrected chi connectivity index (χ1v) is 9.02. The Morgan fingerprint density at radius 2 is 2.00 bits per heavy atom. The Labute approximate surface area is 165 Å². The molecule has 0 atom stereocenters. The van der Waals surface area contributed by atoms with E-state index < -0.39 is 5.97 Å². The molecule has 0 aliphatic heterocycles. The predicted octanol–water partition coefficient (Wildman–Crippen LogP) is 2.89. The minimum absolute atomic E-state index is 0.170. The van der Waals surface area contributed by atoms with Gasteiger partial charge in [0.05, 0.1) is 12.8 Å². The smallest absolute Gasteiger partial charge is 0.344 e. The maximum Gasteiger partial charge on any atom is 0.344 e. The summed E-state index contributed by atoms with van der Waals surface area (Å²) in [4.78, 5) is 19.1. The third kappa shape index (κ3) is 4.13. The number of rotatable bonds is 7. The van der Waals surface area contributed by atoms with Crippen LogP contribution in [0.1, 0.15) is 12.5 Å². The number of hydrogen-bond acceptors (Lipinski definition) is 8. The first-order chi connectivity index (χ1) is 14.2. The lowest BCUT2D eigenvalue weighted by atomic mass is 10.2. The van der Waals surface area contributed by atoms with E-state index in [0.29, 0.717) is 29.1 Å². The maximum absolute atomic E-state index is 11.5. The van der Waals surface area contributed by atoms with Crippen molar-refractivity contribution in [2.75, 3.05) is 18.6 Å². The average molecular weight is 390 g/mol. The van der Waals surface area contributed by atoms with E-state index in [4.69, 9.17) is 9.47 Å². The molecule has 2 aromatic carbocycles. The fourth-order valence-corrected chi connectivity index (χ4v) is 2.79. The lowest BCUT2D eigenvalue weighted by Gasteiger charge is -2.08. The molecule has 146 valence electrons. The van der Waals surface area contributed by atoms with E-state index >= 15 is 0 Å². The molecule has 0 saturated carbocycles. The number of carbonyl (C=O) groups excluding carboxylic acids is 1. The fourth-order valence-electron chi connectivity index (χ4n) is 2.79. The minimum atomic E-state index is -0.427. The molecule has 0 amide bonds. The summed E-state index contributed by atoms with van der Waals surface area (Å²) < 4.78 is 10.4.